The van der Waals surface area contributed by atoms with Gasteiger partial charge in [-0.1, -0.05) is 78.9 Å². The van der Waals surface area contributed by atoms with Gasteiger partial charge in [-0.2, -0.15) is 0 Å². The van der Waals surface area contributed by atoms with Crippen molar-refractivity contribution in [2.75, 3.05) is 4.90 Å². The lowest BCUT2D eigenvalue weighted by Gasteiger charge is -2.26. The molecule has 35 heavy (non-hydrogen) atoms. The van der Waals surface area contributed by atoms with E-state index in [1.54, 1.807) is 0 Å². The molecule has 3 heteroatoms. The van der Waals surface area contributed by atoms with Crippen LogP contribution >= 0.6 is 0 Å². The van der Waals surface area contributed by atoms with Crippen LogP contribution in [-0.2, 0) is 13.2 Å². The Morgan fingerprint density at radius 2 is 0.829 bits per heavy atom. The van der Waals surface area contributed by atoms with Crippen LogP contribution < -0.4 is 4.90 Å². The summed E-state index contributed by atoms with van der Waals surface area (Å²) in [6, 6.07) is 43.3. The molecular weight excluding hydrogens is 430 g/mol. The minimum absolute atomic E-state index is 0.0357. The maximum Gasteiger partial charge on any atom is 0.0682 e. The molecule has 0 saturated heterocycles. The normalized spacial score (nSPS) is 10.8. The molecule has 0 aliphatic heterocycles. The average Bonchev–Trinajstić information content (AvgIpc) is 2.94. The summed E-state index contributed by atoms with van der Waals surface area (Å²) in [7, 11) is 0. The van der Waals surface area contributed by atoms with Crippen LogP contribution in [-0.4, -0.2) is 10.2 Å². The monoisotopic (exact) mass is 457 g/mol. The van der Waals surface area contributed by atoms with Crippen molar-refractivity contribution in [3.8, 4) is 22.3 Å². The van der Waals surface area contributed by atoms with Crippen molar-refractivity contribution in [1.29, 1.82) is 0 Å². The highest BCUT2D eigenvalue weighted by Gasteiger charge is 2.13. The third-order valence-electron chi connectivity index (χ3n) is 6.15. The summed E-state index contributed by atoms with van der Waals surface area (Å²) in [5, 5.41) is 19.0. The molecule has 0 radical (unpaired) electrons. The first-order chi connectivity index (χ1) is 17.2. The minimum Gasteiger partial charge on any atom is -0.392 e. The first-order valence-corrected chi connectivity index (χ1v) is 11.7. The maximum absolute atomic E-state index is 9.48. The number of para-hydroxylation sites is 1. The predicted octanol–water partition coefficient (Wildman–Crippen LogP) is 7.48. The summed E-state index contributed by atoms with van der Waals surface area (Å²) in [6.45, 7) is 0.0714. The van der Waals surface area contributed by atoms with E-state index < -0.39 is 0 Å². The zero-order valence-electron chi connectivity index (χ0n) is 19.4. The van der Waals surface area contributed by atoms with E-state index in [1.807, 2.05) is 54.6 Å². The van der Waals surface area contributed by atoms with Gasteiger partial charge in [-0.15, -0.1) is 0 Å². The number of benzene rings is 5. The fourth-order valence-electron chi connectivity index (χ4n) is 4.33. The van der Waals surface area contributed by atoms with Crippen LogP contribution in [0.15, 0.2) is 127 Å². The first-order valence-electron chi connectivity index (χ1n) is 11.7. The molecule has 0 unspecified atom stereocenters. The van der Waals surface area contributed by atoms with Crippen LogP contribution in [0.25, 0.3) is 22.3 Å². The van der Waals surface area contributed by atoms with E-state index >= 15 is 0 Å². The first kappa shape index (κ1) is 22.6. The SMILES string of the molecule is OCc1cccc(-c2ccc(N(c3ccccc3)c3ccc(-c4cccc(CO)c4)cc3)cc2)c1. The molecule has 0 atom stereocenters. The van der Waals surface area contributed by atoms with Crippen LogP contribution in [0.1, 0.15) is 11.1 Å². The molecule has 0 aromatic heterocycles. The Hall–Kier alpha value is -4.18. The van der Waals surface area contributed by atoms with Gasteiger partial charge in [0.1, 0.15) is 0 Å². The molecule has 0 aliphatic rings. The molecule has 2 N–H and O–H groups in total. The highest BCUT2D eigenvalue weighted by atomic mass is 16.3. The van der Waals surface area contributed by atoms with Gasteiger partial charge in [-0.3, -0.25) is 0 Å². The molecule has 5 rings (SSSR count). The number of anilines is 3. The summed E-state index contributed by atoms with van der Waals surface area (Å²) in [6.07, 6.45) is 0. The Kier molecular flexibility index (Phi) is 6.71. The van der Waals surface area contributed by atoms with Crippen molar-refractivity contribution < 1.29 is 10.2 Å². The second kappa shape index (κ2) is 10.4. The number of aliphatic hydroxyl groups excluding tert-OH is 2. The average molecular weight is 458 g/mol. The van der Waals surface area contributed by atoms with Crippen LogP contribution in [0.5, 0.6) is 0 Å². The molecule has 0 saturated carbocycles. The molecule has 0 heterocycles. The highest BCUT2D eigenvalue weighted by Crippen LogP contribution is 2.36. The van der Waals surface area contributed by atoms with Crippen LogP contribution in [0.2, 0.25) is 0 Å². The lowest BCUT2D eigenvalue weighted by Crippen LogP contribution is -2.09. The summed E-state index contributed by atoms with van der Waals surface area (Å²) in [5.41, 5.74) is 9.41. The molecule has 0 amide bonds. The standard InChI is InChI=1S/C32H27NO2/c34-22-24-6-4-8-28(20-24)26-12-16-31(17-13-26)33(30-10-2-1-3-11-30)32-18-14-27(15-19-32)29-9-5-7-25(21-29)23-35/h1-21,34-35H,22-23H2. The van der Waals surface area contributed by atoms with E-state index in [2.05, 4.69) is 77.7 Å². The van der Waals surface area contributed by atoms with Gasteiger partial charge in [0.05, 0.1) is 13.2 Å². The maximum atomic E-state index is 9.48. The van der Waals surface area contributed by atoms with Gasteiger partial charge in [0, 0.05) is 17.1 Å². The molecule has 0 spiro atoms. The Balaban J connectivity index is 1.50. The van der Waals surface area contributed by atoms with Gasteiger partial charge in [0.25, 0.3) is 0 Å². The van der Waals surface area contributed by atoms with Crippen molar-refractivity contribution in [1.82, 2.24) is 0 Å². The molecule has 5 aromatic rings. The van der Waals surface area contributed by atoms with Crippen molar-refractivity contribution >= 4 is 17.1 Å². The second-order valence-electron chi connectivity index (χ2n) is 8.48. The van der Waals surface area contributed by atoms with Crippen molar-refractivity contribution in [2.45, 2.75) is 13.2 Å². The zero-order valence-corrected chi connectivity index (χ0v) is 19.4. The van der Waals surface area contributed by atoms with Gasteiger partial charge in [0.15, 0.2) is 0 Å². The Morgan fingerprint density at radius 1 is 0.400 bits per heavy atom. The number of hydrogen-bond acceptors (Lipinski definition) is 3. The fourth-order valence-corrected chi connectivity index (χ4v) is 4.33. The molecule has 0 fully saturated rings. The summed E-state index contributed by atoms with van der Waals surface area (Å²) >= 11 is 0. The number of aliphatic hydroxyl groups is 2. The Bertz CT molecular complexity index is 1300. The van der Waals surface area contributed by atoms with Gasteiger partial charge in [0.2, 0.25) is 0 Å². The lowest BCUT2D eigenvalue weighted by molar-refractivity contribution is 0.281. The fraction of sp³-hybridized carbons (Fsp3) is 0.0625. The molecule has 3 nitrogen and oxygen atoms in total. The molecule has 0 bridgehead atoms. The molecule has 172 valence electrons. The topological polar surface area (TPSA) is 43.7 Å². The second-order valence-corrected chi connectivity index (χ2v) is 8.48. The van der Waals surface area contributed by atoms with Gasteiger partial charge >= 0.3 is 0 Å². The molecule has 5 aromatic carbocycles. The van der Waals surface area contributed by atoms with Gasteiger partial charge in [-0.05, 0) is 81.9 Å². The van der Waals surface area contributed by atoms with E-state index in [0.717, 1.165) is 50.4 Å². The van der Waals surface area contributed by atoms with Crippen LogP contribution in [0.4, 0.5) is 17.1 Å². The van der Waals surface area contributed by atoms with E-state index in [1.165, 1.54) is 0 Å². The molecular formula is C32H27NO2. The van der Waals surface area contributed by atoms with E-state index in [9.17, 15) is 10.2 Å². The van der Waals surface area contributed by atoms with Crippen molar-refractivity contribution in [2.24, 2.45) is 0 Å². The van der Waals surface area contributed by atoms with Crippen LogP contribution in [0, 0.1) is 0 Å². The van der Waals surface area contributed by atoms with Crippen molar-refractivity contribution in [3.05, 3.63) is 139 Å². The van der Waals surface area contributed by atoms with E-state index in [-0.39, 0.29) is 13.2 Å². The highest BCUT2D eigenvalue weighted by molar-refractivity contribution is 5.79. The number of nitrogens with zero attached hydrogens (tertiary/aromatic N) is 1. The van der Waals surface area contributed by atoms with E-state index in [0.29, 0.717) is 0 Å². The smallest absolute Gasteiger partial charge is 0.0682 e. The van der Waals surface area contributed by atoms with E-state index in [4.69, 9.17) is 0 Å². The third-order valence-corrected chi connectivity index (χ3v) is 6.15. The molecule has 0 aliphatic carbocycles. The van der Waals surface area contributed by atoms with Crippen molar-refractivity contribution in [3.63, 3.8) is 0 Å². The lowest BCUT2D eigenvalue weighted by atomic mass is 10.0. The van der Waals surface area contributed by atoms with Gasteiger partial charge in [-0.25, -0.2) is 0 Å². The Morgan fingerprint density at radius 3 is 1.26 bits per heavy atom. The zero-order chi connectivity index (χ0) is 24.0. The van der Waals surface area contributed by atoms with Crippen LogP contribution in [0.3, 0.4) is 0 Å². The summed E-state index contributed by atoms with van der Waals surface area (Å²) in [5.74, 6) is 0. The summed E-state index contributed by atoms with van der Waals surface area (Å²) in [4.78, 5) is 2.24. The summed E-state index contributed by atoms with van der Waals surface area (Å²) < 4.78 is 0. The Labute approximate surface area is 206 Å². The minimum atomic E-state index is 0.0357. The quantitative estimate of drug-likeness (QED) is 0.266. The third kappa shape index (κ3) is 5.02. The number of rotatable bonds is 7. The predicted molar refractivity (Wildman–Crippen MR) is 144 cm³/mol. The largest absolute Gasteiger partial charge is 0.392 e. The van der Waals surface area contributed by atoms with Gasteiger partial charge < -0.3 is 15.1 Å². The number of hydrogen-bond donors (Lipinski definition) is 2.